The molecular weight excluding hydrogens is 496 g/mol. The third-order valence-corrected chi connectivity index (χ3v) is 8.07. The van der Waals surface area contributed by atoms with Crippen molar-refractivity contribution in [1.82, 2.24) is 4.98 Å². The molecule has 1 atom stereocenters. The average molecular weight is 541 g/mol. The number of primary amides is 1. The van der Waals surface area contributed by atoms with Crippen LogP contribution in [0.25, 0.3) is 22.2 Å². The van der Waals surface area contributed by atoms with Gasteiger partial charge in [0.15, 0.2) is 5.70 Å². The van der Waals surface area contributed by atoms with Gasteiger partial charge in [0, 0.05) is 56.6 Å². The first-order chi connectivity index (χ1) is 19.2. The molecule has 0 saturated heterocycles. The minimum atomic E-state index is -0.615. The van der Waals surface area contributed by atoms with Crippen LogP contribution in [0.4, 0.5) is 11.4 Å². The van der Waals surface area contributed by atoms with Crippen molar-refractivity contribution in [2.75, 3.05) is 11.1 Å². The predicted molar refractivity (Wildman–Crippen MR) is 169 cm³/mol. The highest BCUT2D eigenvalue weighted by atomic mass is 16.1. The van der Waals surface area contributed by atoms with E-state index in [1.807, 2.05) is 19.9 Å². The van der Waals surface area contributed by atoms with Crippen molar-refractivity contribution in [3.63, 3.8) is 0 Å². The van der Waals surface area contributed by atoms with Gasteiger partial charge in [0.05, 0.1) is 5.35 Å². The number of amides is 1. The molecule has 7 nitrogen and oxygen atoms in total. The molecule has 7 N–H and O–H groups in total. The largest absolute Gasteiger partial charge is 0.398 e. The van der Waals surface area contributed by atoms with Crippen molar-refractivity contribution in [3.05, 3.63) is 57.6 Å². The van der Waals surface area contributed by atoms with Crippen LogP contribution in [0.2, 0.25) is 0 Å². The number of anilines is 2. The molecule has 40 heavy (non-hydrogen) atoms. The van der Waals surface area contributed by atoms with E-state index >= 15 is 0 Å². The molecule has 0 aliphatic heterocycles. The minimum absolute atomic E-state index is 0.163. The Labute approximate surface area is 237 Å². The van der Waals surface area contributed by atoms with Crippen LogP contribution in [-0.4, -0.2) is 28.9 Å². The third-order valence-electron chi connectivity index (χ3n) is 8.07. The normalized spacial score (nSPS) is 16.1. The van der Waals surface area contributed by atoms with Crippen molar-refractivity contribution in [2.24, 2.45) is 16.6 Å². The second-order valence-corrected chi connectivity index (χ2v) is 11.3. The van der Waals surface area contributed by atoms with Gasteiger partial charge in [-0.05, 0) is 76.1 Å². The van der Waals surface area contributed by atoms with E-state index < -0.39 is 5.91 Å². The van der Waals surface area contributed by atoms with Crippen molar-refractivity contribution in [3.8, 4) is 0 Å². The zero-order valence-electron chi connectivity index (χ0n) is 24.6. The van der Waals surface area contributed by atoms with Crippen molar-refractivity contribution < 1.29 is 4.79 Å². The number of hydrogen-bond acceptors (Lipinski definition) is 5. The summed E-state index contributed by atoms with van der Waals surface area (Å²) in [5.74, 6) is 0.280. The fourth-order valence-electron chi connectivity index (χ4n) is 5.52. The quantitative estimate of drug-likeness (QED) is 0.153. The molecule has 1 aromatic heterocycles. The first-order valence-electron chi connectivity index (χ1n) is 14.6. The number of carbonyl (C=O) groups excluding carboxylic acids is 1. The van der Waals surface area contributed by atoms with Crippen molar-refractivity contribution in [2.45, 2.75) is 85.6 Å². The van der Waals surface area contributed by atoms with E-state index in [2.05, 4.69) is 49.3 Å². The molecule has 0 spiro atoms. The van der Waals surface area contributed by atoms with Crippen LogP contribution in [-0.2, 0) is 4.79 Å². The van der Waals surface area contributed by atoms with Gasteiger partial charge >= 0.3 is 0 Å². The third kappa shape index (κ3) is 6.30. The highest BCUT2D eigenvalue weighted by Gasteiger charge is 2.23. The number of nitrogens with two attached hydrogens (primary N) is 2. The van der Waals surface area contributed by atoms with Crippen LogP contribution in [0.5, 0.6) is 0 Å². The lowest BCUT2D eigenvalue weighted by Crippen LogP contribution is -2.32. The number of benzene rings is 2. The Morgan fingerprint density at radius 3 is 2.58 bits per heavy atom. The van der Waals surface area contributed by atoms with Gasteiger partial charge in [-0.2, -0.15) is 0 Å². The molecule has 212 valence electrons. The number of nitrogens with zero attached hydrogens (tertiary/aromatic N) is 1. The lowest BCUT2D eigenvalue weighted by Gasteiger charge is -2.22. The average Bonchev–Trinajstić information content (AvgIpc) is 3.68. The van der Waals surface area contributed by atoms with Gasteiger partial charge < -0.3 is 27.2 Å². The highest BCUT2D eigenvalue weighted by molar-refractivity contribution is 6.17. The van der Waals surface area contributed by atoms with Gasteiger partial charge in [0.2, 0.25) is 0 Å². The summed E-state index contributed by atoms with van der Waals surface area (Å²) in [5.41, 5.74) is 19.2. The summed E-state index contributed by atoms with van der Waals surface area (Å²) in [6.45, 7) is 10.3. The molecule has 3 aromatic rings. The van der Waals surface area contributed by atoms with E-state index in [1.165, 1.54) is 31.0 Å². The number of fused-ring (bicyclic) bond motifs is 1. The Balaban J connectivity index is 1.90. The first-order valence-corrected chi connectivity index (χ1v) is 14.6. The maximum Gasteiger partial charge on any atom is 0.269 e. The molecule has 4 rings (SSSR count). The zero-order valence-corrected chi connectivity index (χ0v) is 24.6. The number of H-pyrrole nitrogens is 1. The summed E-state index contributed by atoms with van der Waals surface area (Å²) in [6, 6.07) is 10.4. The van der Waals surface area contributed by atoms with Crippen LogP contribution in [0.1, 0.15) is 89.3 Å². The number of aryl methyl sites for hydroxylation is 1. The number of carbonyl (C=O) groups is 1. The van der Waals surface area contributed by atoms with Crippen LogP contribution in [0.15, 0.2) is 35.3 Å². The van der Waals surface area contributed by atoms with Gasteiger partial charge in [0.1, 0.15) is 0 Å². The standard InChI is InChI=1S/C33H44N6O/c1-6-8-23(13-12-22-10-11-22)38-28-17-19(3)9-14-24(28)21(5)37-32(33(36)40)31-29(20(4)7-2)30-25(18-34)26(35)15-16-27(30)39-31/h9,14-18,22-23,34,38-39H,6-8,10-13,35H2,1-5H3,(H2,36,40)/b29-20+,32-31+,34-18?,37-21?. The fourth-order valence-corrected chi connectivity index (χ4v) is 5.52. The van der Waals surface area contributed by atoms with Gasteiger partial charge in [-0.25, -0.2) is 4.99 Å². The summed E-state index contributed by atoms with van der Waals surface area (Å²) in [4.78, 5) is 21.2. The lowest BCUT2D eigenvalue weighted by atomic mass is 10.0. The smallest absolute Gasteiger partial charge is 0.269 e. The van der Waals surface area contributed by atoms with Crippen molar-refractivity contribution >= 4 is 51.4 Å². The monoisotopic (exact) mass is 540 g/mol. The van der Waals surface area contributed by atoms with Gasteiger partial charge in [-0.3, -0.25) is 4.79 Å². The van der Waals surface area contributed by atoms with E-state index in [9.17, 15) is 4.79 Å². The molecule has 1 fully saturated rings. The Morgan fingerprint density at radius 1 is 1.20 bits per heavy atom. The second kappa shape index (κ2) is 12.5. The van der Waals surface area contributed by atoms with Crippen LogP contribution in [0.3, 0.4) is 0 Å². The van der Waals surface area contributed by atoms with Gasteiger partial charge in [-0.15, -0.1) is 0 Å². The molecule has 0 radical (unpaired) electrons. The molecule has 1 aliphatic carbocycles. The number of aliphatic imine (C=N–C) groups is 1. The summed E-state index contributed by atoms with van der Waals surface area (Å²) in [6.07, 6.45) is 9.41. The number of nitrogen functional groups attached to an aromatic ring is 1. The van der Waals surface area contributed by atoms with E-state index in [0.29, 0.717) is 28.4 Å². The molecule has 1 aliphatic rings. The topological polar surface area (TPSA) is 133 Å². The fraction of sp³-hybridized carbons (Fsp3) is 0.424. The number of aromatic amines is 1. The second-order valence-electron chi connectivity index (χ2n) is 11.3. The molecule has 7 heteroatoms. The maximum atomic E-state index is 12.9. The maximum absolute atomic E-state index is 12.9. The molecule has 1 heterocycles. The van der Waals surface area contributed by atoms with Crippen LogP contribution in [0, 0.1) is 18.3 Å². The Hall–Kier alpha value is -3.87. The predicted octanol–water partition coefficient (Wildman–Crippen LogP) is 5.51. The van der Waals surface area contributed by atoms with Crippen molar-refractivity contribution in [1.29, 1.82) is 5.41 Å². The minimum Gasteiger partial charge on any atom is -0.398 e. The summed E-state index contributed by atoms with van der Waals surface area (Å²) in [7, 11) is 0. The number of nitrogens with one attached hydrogen (secondary N) is 3. The van der Waals surface area contributed by atoms with E-state index in [1.54, 1.807) is 6.07 Å². The molecule has 1 unspecified atom stereocenters. The van der Waals surface area contributed by atoms with Gasteiger partial charge in [-0.1, -0.05) is 50.8 Å². The molecular formula is C33H44N6O. The molecule has 1 amide bonds. The molecule has 2 aromatic carbocycles. The number of hydrogen-bond donors (Lipinski definition) is 5. The molecule has 0 bridgehead atoms. The lowest BCUT2D eigenvalue weighted by molar-refractivity contribution is -0.113. The Morgan fingerprint density at radius 2 is 1.95 bits per heavy atom. The summed E-state index contributed by atoms with van der Waals surface area (Å²) >= 11 is 0. The van der Waals surface area contributed by atoms with Crippen LogP contribution < -0.4 is 27.4 Å². The zero-order chi connectivity index (χ0) is 29.0. The van der Waals surface area contributed by atoms with Crippen LogP contribution >= 0.6 is 0 Å². The Kier molecular flexibility index (Phi) is 9.13. The van der Waals surface area contributed by atoms with Gasteiger partial charge in [0.25, 0.3) is 5.91 Å². The summed E-state index contributed by atoms with van der Waals surface area (Å²) in [5, 5.41) is 14.0. The Bertz CT molecular complexity index is 1570. The first kappa shape index (κ1) is 29.1. The highest BCUT2D eigenvalue weighted by Crippen LogP contribution is 2.35. The van der Waals surface area contributed by atoms with E-state index in [4.69, 9.17) is 21.9 Å². The number of aromatic nitrogens is 1. The SMILES string of the molecule is CCCC(CCC1CC1)Nc1cc(C)ccc1C(C)=N/C(C(N)=O)=c1/[nH]c2ccc(N)c(C=N)c2/c1=C(/C)CC. The van der Waals surface area contributed by atoms with E-state index in [0.717, 1.165) is 64.5 Å². The summed E-state index contributed by atoms with van der Waals surface area (Å²) < 4.78 is 0. The molecule has 1 saturated carbocycles. The number of rotatable bonds is 12. The van der Waals surface area contributed by atoms with E-state index in [-0.39, 0.29) is 5.70 Å².